The van der Waals surface area contributed by atoms with Crippen LogP contribution in [0, 0.1) is 0 Å². The van der Waals surface area contributed by atoms with Crippen LogP contribution >= 0.6 is 0 Å². The van der Waals surface area contributed by atoms with Crippen molar-refractivity contribution in [1.29, 1.82) is 0 Å². The molecule has 31 heavy (non-hydrogen) atoms. The molecule has 0 radical (unpaired) electrons. The van der Waals surface area contributed by atoms with Crippen molar-refractivity contribution in [2.75, 3.05) is 0 Å². The summed E-state index contributed by atoms with van der Waals surface area (Å²) in [5, 5.41) is 3.21. The van der Waals surface area contributed by atoms with Crippen LogP contribution < -0.4 is 5.32 Å². The molecule has 1 aromatic carbocycles. The summed E-state index contributed by atoms with van der Waals surface area (Å²) >= 11 is 0. The summed E-state index contributed by atoms with van der Waals surface area (Å²) in [5.74, 6) is -1.29. The third-order valence-corrected chi connectivity index (χ3v) is 6.39. The van der Waals surface area contributed by atoms with Gasteiger partial charge >= 0.3 is 12.1 Å². The number of esters is 1. The van der Waals surface area contributed by atoms with Gasteiger partial charge in [0.1, 0.15) is 6.10 Å². The summed E-state index contributed by atoms with van der Waals surface area (Å²) < 4.78 is 45.0. The zero-order valence-corrected chi connectivity index (χ0v) is 17.5. The second-order valence-corrected chi connectivity index (χ2v) is 8.55. The lowest BCUT2D eigenvalue weighted by Gasteiger charge is -2.35. The standard InChI is InChI=1S/C24H26F3NO3/c1-14-20(23(30)31-17-6-3-2-4-7-17)21(22-18(28-14)8-5-9-19(22)29)15-10-12-16(13-11-15)24(25,26)27/h10-13,17,21,28H,2-9H2,1H3/t21-/m0/s1. The molecule has 7 heteroatoms. The topological polar surface area (TPSA) is 55.4 Å². The molecule has 1 saturated carbocycles. The van der Waals surface area contributed by atoms with Crippen LogP contribution in [0.25, 0.3) is 0 Å². The summed E-state index contributed by atoms with van der Waals surface area (Å²) in [6.45, 7) is 1.76. The molecule has 1 aromatic rings. The van der Waals surface area contributed by atoms with E-state index >= 15 is 0 Å². The highest BCUT2D eigenvalue weighted by molar-refractivity contribution is 6.03. The second-order valence-electron chi connectivity index (χ2n) is 8.55. The lowest BCUT2D eigenvalue weighted by Crippen LogP contribution is -2.35. The van der Waals surface area contributed by atoms with E-state index in [0.29, 0.717) is 41.7 Å². The summed E-state index contributed by atoms with van der Waals surface area (Å²) in [6.07, 6.45) is 1.87. The van der Waals surface area contributed by atoms with Crippen LogP contribution in [0.2, 0.25) is 0 Å². The number of hydrogen-bond acceptors (Lipinski definition) is 4. The fourth-order valence-corrected chi connectivity index (χ4v) is 4.85. The Morgan fingerprint density at radius 3 is 2.35 bits per heavy atom. The van der Waals surface area contributed by atoms with Gasteiger partial charge in [0, 0.05) is 29.3 Å². The number of nitrogens with one attached hydrogen (secondary N) is 1. The van der Waals surface area contributed by atoms with E-state index in [1.807, 2.05) is 0 Å². The Balaban J connectivity index is 1.73. The van der Waals surface area contributed by atoms with E-state index in [1.165, 1.54) is 12.1 Å². The first-order chi connectivity index (χ1) is 14.8. The average molecular weight is 433 g/mol. The normalized spacial score (nSPS) is 22.8. The predicted molar refractivity (Wildman–Crippen MR) is 109 cm³/mol. The Morgan fingerprint density at radius 1 is 1.03 bits per heavy atom. The van der Waals surface area contributed by atoms with Crippen molar-refractivity contribution in [3.05, 3.63) is 57.9 Å². The van der Waals surface area contributed by atoms with Crippen molar-refractivity contribution in [2.24, 2.45) is 0 Å². The van der Waals surface area contributed by atoms with Gasteiger partial charge in [-0.15, -0.1) is 0 Å². The lowest BCUT2D eigenvalue weighted by molar-refractivity contribution is -0.146. The van der Waals surface area contributed by atoms with E-state index < -0.39 is 23.6 Å². The van der Waals surface area contributed by atoms with Crippen molar-refractivity contribution in [2.45, 2.75) is 76.5 Å². The van der Waals surface area contributed by atoms with Crippen molar-refractivity contribution in [1.82, 2.24) is 5.32 Å². The minimum Gasteiger partial charge on any atom is -0.459 e. The number of dihydropyridines is 1. The van der Waals surface area contributed by atoms with E-state index in [-0.39, 0.29) is 11.9 Å². The maximum atomic E-state index is 13.2. The Kier molecular flexibility index (Phi) is 5.95. The van der Waals surface area contributed by atoms with Crippen LogP contribution in [-0.2, 0) is 20.5 Å². The zero-order chi connectivity index (χ0) is 22.2. The fourth-order valence-electron chi connectivity index (χ4n) is 4.85. The molecule has 0 unspecified atom stereocenters. The van der Waals surface area contributed by atoms with Gasteiger partial charge < -0.3 is 10.1 Å². The second kappa shape index (κ2) is 8.52. The monoisotopic (exact) mass is 433 g/mol. The Hall–Kier alpha value is -2.57. The van der Waals surface area contributed by atoms with Crippen LogP contribution in [0.4, 0.5) is 13.2 Å². The molecule has 4 nitrogen and oxygen atoms in total. The zero-order valence-electron chi connectivity index (χ0n) is 17.5. The first-order valence-electron chi connectivity index (χ1n) is 10.9. The van der Waals surface area contributed by atoms with Gasteiger partial charge in [-0.1, -0.05) is 18.6 Å². The fraction of sp³-hybridized carbons (Fsp3) is 0.500. The molecule has 0 aromatic heterocycles. The third kappa shape index (κ3) is 4.41. The van der Waals surface area contributed by atoms with Crippen molar-refractivity contribution in [3.8, 4) is 0 Å². The summed E-state index contributed by atoms with van der Waals surface area (Å²) in [7, 11) is 0. The summed E-state index contributed by atoms with van der Waals surface area (Å²) in [4.78, 5) is 26.1. The van der Waals surface area contributed by atoms with E-state index in [4.69, 9.17) is 4.74 Å². The molecule has 4 rings (SSSR count). The van der Waals surface area contributed by atoms with E-state index in [0.717, 1.165) is 49.9 Å². The number of ketones is 1. The van der Waals surface area contributed by atoms with Crippen LogP contribution in [0.3, 0.4) is 0 Å². The molecular weight excluding hydrogens is 407 g/mol. The van der Waals surface area contributed by atoms with E-state index in [1.54, 1.807) is 6.92 Å². The van der Waals surface area contributed by atoms with Crippen molar-refractivity contribution >= 4 is 11.8 Å². The number of rotatable bonds is 3. The number of carbonyl (C=O) groups is 2. The number of hydrogen-bond donors (Lipinski definition) is 1. The third-order valence-electron chi connectivity index (χ3n) is 6.39. The van der Waals surface area contributed by atoms with Gasteiger partial charge in [-0.3, -0.25) is 4.79 Å². The molecule has 0 amide bonds. The largest absolute Gasteiger partial charge is 0.459 e. The number of ether oxygens (including phenoxy) is 1. The molecule has 166 valence electrons. The molecular formula is C24H26F3NO3. The van der Waals surface area contributed by atoms with Gasteiger partial charge in [-0.25, -0.2) is 4.79 Å². The van der Waals surface area contributed by atoms with E-state index in [2.05, 4.69) is 5.32 Å². The summed E-state index contributed by atoms with van der Waals surface area (Å²) in [5.41, 5.74) is 1.88. The minimum atomic E-state index is -4.45. The van der Waals surface area contributed by atoms with Crippen LogP contribution in [-0.4, -0.2) is 17.9 Å². The highest BCUT2D eigenvalue weighted by Crippen LogP contribution is 2.43. The Morgan fingerprint density at radius 2 is 1.71 bits per heavy atom. The van der Waals surface area contributed by atoms with Gasteiger partial charge in [0.15, 0.2) is 5.78 Å². The molecule has 0 spiro atoms. The number of alkyl halides is 3. The van der Waals surface area contributed by atoms with Gasteiger partial charge in [-0.2, -0.15) is 13.2 Å². The molecule has 1 fully saturated rings. The van der Waals surface area contributed by atoms with Gasteiger partial charge in [0.05, 0.1) is 11.1 Å². The highest BCUT2D eigenvalue weighted by Gasteiger charge is 2.40. The number of Topliss-reactive ketones (excluding diaryl/α,β-unsaturated/α-hetero) is 1. The molecule has 3 aliphatic rings. The van der Waals surface area contributed by atoms with Crippen molar-refractivity contribution < 1.29 is 27.5 Å². The maximum absolute atomic E-state index is 13.2. The number of benzene rings is 1. The summed E-state index contributed by atoms with van der Waals surface area (Å²) in [6, 6.07) is 4.74. The molecule has 1 N–H and O–H groups in total. The smallest absolute Gasteiger partial charge is 0.416 e. The first-order valence-corrected chi connectivity index (χ1v) is 10.9. The molecule has 1 atom stereocenters. The minimum absolute atomic E-state index is 0.0749. The van der Waals surface area contributed by atoms with E-state index in [9.17, 15) is 22.8 Å². The molecule has 2 aliphatic carbocycles. The number of carbonyl (C=O) groups excluding carboxylic acids is 2. The Bertz CT molecular complexity index is 938. The maximum Gasteiger partial charge on any atom is 0.416 e. The van der Waals surface area contributed by atoms with Gasteiger partial charge in [0.25, 0.3) is 0 Å². The molecule has 0 bridgehead atoms. The predicted octanol–water partition coefficient (Wildman–Crippen LogP) is 5.55. The quantitative estimate of drug-likeness (QED) is 0.635. The average Bonchev–Trinajstić information content (AvgIpc) is 2.73. The number of allylic oxidation sites excluding steroid dienone is 3. The molecule has 1 heterocycles. The van der Waals surface area contributed by atoms with Crippen LogP contribution in [0.5, 0.6) is 0 Å². The van der Waals surface area contributed by atoms with Gasteiger partial charge in [0.2, 0.25) is 0 Å². The number of halogens is 3. The van der Waals surface area contributed by atoms with Gasteiger partial charge in [-0.05, 0) is 63.1 Å². The van der Waals surface area contributed by atoms with Crippen LogP contribution in [0.1, 0.15) is 75.3 Å². The molecule has 1 aliphatic heterocycles. The highest BCUT2D eigenvalue weighted by atomic mass is 19.4. The lowest BCUT2D eigenvalue weighted by atomic mass is 9.75. The SMILES string of the molecule is CC1=C(C(=O)OC2CCCCC2)[C@H](c2ccc(C(F)(F)F)cc2)C2=C(CCCC2=O)N1. The van der Waals surface area contributed by atoms with Crippen molar-refractivity contribution in [3.63, 3.8) is 0 Å². The van der Waals surface area contributed by atoms with Crippen LogP contribution in [0.15, 0.2) is 46.8 Å². The molecule has 0 saturated heterocycles. The Labute approximate surface area is 179 Å². The first kappa shape index (κ1) is 21.7.